The minimum absolute atomic E-state index is 0.0255. The first-order valence-corrected chi connectivity index (χ1v) is 8.24. The zero-order chi connectivity index (χ0) is 17.3. The van der Waals surface area contributed by atoms with Gasteiger partial charge >= 0.3 is 0 Å². The van der Waals surface area contributed by atoms with Crippen LogP contribution in [0.5, 0.6) is 0 Å². The Morgan fingerprint density at radius 3 is 2.58 bits per heavy atom. The van der Waals surface area contributed by atoms with Crippen LogP contribution < -0.4 is 4.90 Å². The van der Waals surface area contributed by atoms with Crippen molar-refractivity contribution in [2.24, 2.45) is 0 Å². The lowest BCUT2D eigenvalue weighted by Crippen LogP contribution is -2.30. The van der Waals surface area contributed by atoms with Crippen LogP contribution in [-0.2, 0) is 0 Å². The Hall–Kier alpha value is -2.69. The zero-order valence-corrected chi connectivity index (χ0v) is 14.5. The van der Waals surface area contributed by atoms with Crippen molar-refractivity contribution in [3.8, 4) is 0 Å². The van der Waals surface area contributed by atoms with Gasteiger partial charge in [-0.3, -0.25) is 4.79 Å². The second kappa shape index (κ2) is 6.43. The summed E-state index contributed by atoms with van der Waals surface area (Å²) >= 11 is 0. The van der Waals surface area contributed by atoms with Gasteiger partial charge in [-0.05, 0) is 45.9 Å². The molecule has 0 unspecified atom stereocenters. The molecule has 3 rings (SSSR count). The fraction of sp³-hybridized carbons (Fsp3) is 0.316. The van der Waals surface area contributed by atoms with Crippen molar-refractivity contribution in [2.45, 2.75) is 33.7 Å². The normalized spacial score (nSPS) is 11.2. The third kappa shape index (κ3) is 2.77. The van der Waals surface area contributed by atoms with Gasteiger partial charge in [0.1, 0.15) is 0 Å². The van der Waals surface area contributed by atoms with Crippen LogP contribution in [0.4, 0.5) is 5.69 Å². The largest absolute Gasteiger partial charge is 0.309 e. The van der Waals surface area contributed by atoms with Crippen LogP contribution >= 0.6 is 0 Å². The molecular weight excluding hydrogens is 300 g/mol. The highest BCUT2D eigenvalue weighted by atomic mass is 16.2. The highest BCUT2D eigenvalue weighted by Gasteiger charge is 2.21. The Balaban J connectivity index is 2.13. The third-order valence-electron chi connectivity index (χ3n) is 4.04. The highest BCUT2D eigenvalue weighted by Crippen LogP contribution is 2.24. The van der Waals surface area contributed by atoms with E-state index >= 15 is 0 Å². The van der Waals surface area contributed by atoms with Crippen LogP contribution in [0.15, 0.2) is 42.6 Å². The Labute approximate surface area is 141 Å². The molecular formula is C19H22N4O. The van der Waals surface area contributed by atoms with E-state index in [-0.39, 0.29) is 11.9 Å². The van der Waals surface area contributed by atoms with E-state index < -0.39 is 0 Å². The predicted octanol–water partition coefficient (Wildman–Crippen LogP) is 3.99. The summed E-state index contributed by atoms with van der Waals surface area (Å²) < 4.78 is 1.86. The molecule has 0 saturated carbocycles. The molecule has 1 amide bonds. The number of fused-ring (bicyclic) bond motifs is 1. The molecule has 0 bridgehead atoms. The van der Waals surface area contributed by atoms with Crippen molar-refractivity contribution < 1.29 is 4.79 Å². The predicted molar refractivity (Wildman–Crippen MR) is 96.4 cm³/mol. The number of amides is 1. The van der Waals surface area contributed by atoms with Crippen molar-refractivity contribution in [3.05, 3.63) is 53.9 Å². The van der Waals surface area contributed by atoms with Crippen molar-refractivity contribution in [1.29, 1.82) is 0 Å². The molecule has 0 N–H and O–H groups in total. The Kier molecular flexibility index (Phi) is 4.34. The topological polar surface area (TPSA) is 51.0 Å². The first-order valence-electron chi connectivity index (χ1n) is 8.24. The van der Waals surface area contributed by atoms with Crippen LogP contribution in [0.25, 0.3) is 11.0 Å². The number of aromatic nitrogens is 3. The maximum atomic E-state index is 13.2. The minimum Gasteiger partial charge on any atom is -0.309 e. The van der Waals surface area contributed by atoms with Gasteiger partial charge in [-0.15, -0.1) is 0 Å². The molecule has 2 aromatic heterocycles. The van der Waals surface area contributed by atoms with Gasteiger partial charge in [0.05, 0.1) is 17.1 Å². The van der Waals surface area contributed by atoms with Gasteiger partial charge in [0.15, 0.2) is 5.65 Å². The van der Waals surface area contributed by atoms with Crippen LogP contribution in [0, 0.1) is 6.92 Å². The lowest BCUT2D eigenvalue weighted by molar-refractivity contribution is 0.0989. The smallest absolute Gasteiger partial charge is 0.259 e. The number of para-hydroxylation sites is 1. The lowest BCUT2D eigenvalue weighted by atomic mass is 10.1. The molecule has 5 heteroatoms. The summed E-state index contributed by atoms with van der Waals surface area (Å²) in [4.78, 5) is 19.5. The molecule has 24 heavy (non-hydrogen) atoms. The highest BCUT2D eigenvalue weighted by molar-refractivity contribution is 6.13. The first-order chi connectivity index (χ1) is 11.5. The maximum absolute atomic E-state index is 13.2. The molecule has 0 spiro atoms. The summed E-state index contributed by atoms with van der Waals surface area (Å²) in [7, 11) is 0. The van der Waals surface area contributed by atoms with Crippen LogP contribution in [0.2, 0.25) is 0 Å². The van der Waals surface area contributed by atoms with E-state index in [0.717, 1.165) is 22.4 Å². The molecule has 0 aliphatic heterocycles. The number of nitrogens with zero attached hydrogens (tertiary/aromatic N) is 4. The molecule has 0 atom stereocenters. The van der Waals surface area contributed by atoms with E-state index in [1.807, 2.05) is 54.9 Å². The van der Waals surface area contributed by atoms with Crippen molar-refractivity contribution in [2.75, 3.05) is 11.4 Å². The van der Waals surface area contributed by atoms with Gasteiger partial charge in [0.2, 0.25) is 0 Å². The van der Waals surface area contributed by atoms with E-state index in [1.54, 1.807) is 11.1 Å². The Bertz CT molecular complexity index is 868. The number of anilines is 1. The van der Waals surface area contributed by atoms with Gasteiger partial charge in [0, 0.05) is 24.0 Å². The molecule has 1 aromatic carbocycles. The molecule has 3 aromatic rings. The molecule has 5 nitrogen and oxygen atoms in total. The number of benzene rings is 1. The van der Waals surface area contributed by atoms with Gasteiger partial charge < -0.3 is 4.90 Å². The van der Waals surface area contributed by atoms with Gasteiger partial charge in [0.25, 0.3) is 5.91 Å². The monoisotopic (exact) mass is 322 g/mol. The van der Waals surface area contributed by atoms with Crippen LogP contribution in [0.3, 0.4) is 0 Å². The quantitative estimate of drug-likeness (QED) is 0.730. The number of pyridine rings is 1. The van der Waals surface area contributed by atoms with Gasteiger partial charge in [-0.25, -0.2) is 9.67 Å². The SMILES string of the molecule is CCN(C(=O)c1cc(C)nc2c1cnn2C(C)C)c1ccccc1. The molecule has 0 aliphatic carbocycles. The summed E-state index contributed by atoms with van der Waals surface area (Å²) in [5, 5.41) is 5.22. The Morgan fingerprint density at radius 2 is 1.96 bits per heavy atom. The Morgan fingerprint density at radius 1 is 1.25 bits per heavy atom. The average Bonchev–Trinajstić information content (AvgIpc) is 2.99. The second-order valence-electron chi connectivity index (χ2n) is 6.12. The van der Waals surface area contributed by atoms with Crippen molar-refractivity contribution >= 4 is 22.6 Å². The fourth-order valence-corrected chi connectivity index (χ4v) is 2.89. The molecule has 0 radical (unpaired) electrons. The summed E-state index contributed by atoms with van der Waals surface area (Å²) in [5.74, 6) is -0.0255. The third-order valence-corrected chi connectivity index (χ3v) is 4.04. The summed E-state index contributed by atoms with van der Waals surface area (Å²) in [5.41, 5.74) is 3.12. The summed E-state index contributed by atoms with van der Waals surface area (Å²) in [6.07, 6.45) is 1.74. The zero-order valence-electron chi connectivity index (χ0n) is 14.5. The summed E-state index contributed by atoms with van der Waals surface area (Å²) in [6, 6.07) is 11.8. The number of carbonyl (C=O) groups excluding carboxylic acids is 1. The van der Waals surface area contributed by atoms with E-state index in [1.165, 1.54) is 0 Å². The van der Waals surface area contributed by atoms with Crippen LogP contribution in [-0.4, -0.2) is 27.2 Å². The number of carbonyl (C=O) groups is 1. The first kappa shape index (κ1) is 16.2. The average molecular weight is 322 g/mol. The van der Waals surface area contributed by atoms with Crippen molar-refractivity contribution in [3.63, 3.8) is 0 Å². The molecule has 0 saturated heterocycles. The summed E-state index contributed by atoms with van der Waals surface area (Å²) in [6.45, 7) is 8.60. The van der Waals surface area contributed by atoms with Crippen LogP contribution in [0.1, 0.15) is 42.9 Å². The van der Waals surface area contributed by atoms with Gasteiger partial charge in [-0.1, -0.05) is 18.2 Å². The van der Waals surface area contributed by atoms with E-state index in [9.17, 15) is 4.79 Å². The number of hydrogen-bond donors (Lipinski definition) is 0. The maximum Gasteiger partial charge on any atom is 0.259 e. The number of rotatable bonds is 4. The van der Waals surface area contributed by atoms with E-state index in [4.69, 9.17) is 0 Å². The fourth-order valence-electron chi connectivity index (χ4n) is 2.89. The molecule has 0 fully saturated rings. The van der Waals surface area contributed by atoms with E-state index in [0.29, 0.717) is 12.1 Å². The molecule has 2 heterocycles. The number of hydrogen-bond acceptors (Lipinski definition) is 3. The minimum atomic E-state index is -0.0255. The molecule has 0 aliphatic rings. The van der Waals surface area contributed by atoms with E-state index in [2.05, 4.69) is 23.9 Å². The molecule has 124 valence electrons. The lowest BCUT2D eigenvalue weighted by Gasteiger charge is -2.21. The standard InChI is InChI=1S/C19H22N4O/c1-5-22(15-9-7-6-8-10-15)19(24)16-11-14(4)21-18-17(16)12-20-23(18)13(2)3/h6-13H,5H2,1-4H3. The van der Waals surface area contributed by atoms with Gasteiger partial charge in [-0.2, -0.15) is 5.10 Å². The van der Waals surface area contributed by atoms with Crippen molar-refractivity contribution in [1.82, 2.24) is 14.8 Å². The second-order valence-corrected chi connectivity index (χ2v) is 6.12. The number of aryl methyl sites for hydroxylation is 1.